The van der Waals surface area contributed by atoms with Gasteiger partial charge >= 0.3 is 0 Å². The van der Waals surface area contributed by atoms with E-state index in [2.05, 4.69) is 31.7 Å². The summed E-state index contributed by atoms with van der Waals surface area (Å²) in [6.07, 6.45) is 1.66. The van der Waals surface area contributed by atoms with Crippen molar-refractivity contribution in [3.8, 4) is 0 Å². The molecule has 2 aromatic rings. The van der Waals surface area contributed by atoms with Gasteiger partial charge in [-0.15, -0.1) is 0 Å². The highest BCUT2D eigenvalue weighted by atomic mass is 79.9. The first-order chi connectivity index (χ1) is 10.4. The van der Waals surface area contributed by atoms with Gasteiger partial charge in [0.15, 0.2) is 10.8 Å². The molecule has 0 aliphatic carbocycles. The number of anilines is 2. The van der Waals surface area contributed by atoms with Crippen molar-refractivity contribution in [2.75, 3.05) is 10.6 Å². The SMILES string of the molecule is CCn1cc(NC(=S)Nc2ccc(Br)cc2Cl)c(C(N)=O)n1. The van der Waals surface area contributed by atoms with E-state index in [9.17, 15) is 4.79 Å². The molecule has 0 aliphatic rings. The first-order valence-corrected chi connectivity index (χ1v) is 7.89. The van der Waals surface area contributed by atoms with Gasteiger partial charge in [-0.25, -0.2) is 0 Å². The average Bonchev–Trinajstić information content (AvgIpc) is 2.85. The van der Waals surface area contributed by atoms with Crippen LogP contribution in [-0.2, 0) is 6.54 Å². The summed E-state index contributed by atoms with van der Waals surface area (Å²) in [5.74, 6) is -0.626. The zero-order chi connectivity index (χ0) is 16.3. The summed E-state index contributed by atoms with van der Waals surface area (Å²) in [7, 11) is 0. The highest BCUT2D eigenvalue weighted by molar-refractivity contribution is 9.10. The van der Waals surface area contributed by atoms with Gasteiger partial charge in [0, 0.05) is 17.2 Å². The second-order valence-corrected chi connectivity index (χ2v) is 6.05. The summed E-state index contributed by atoms with van der Waals surface area (Å²) in [5, 5.41) is 10.7. The summed E-state index contributed by atoms with van der Waals surface area (Å²) in [6, 6.07) is 5.36. The Labute approximate surface area is 146 Å². The second kappa shape index (κ2) is 7.08. The highest BCUT2D eigenvalue weighted by Gasteiger charge is 2.15. The molecule has 1 aromatic heterocycles. The Morgan fingerprint density at radius 3 is 2.73 bits per heavy atom. The van der Waals surface area contributed by atoms with Crippen molar-refractivity contribution in [3.63, 3.8) is 0 Å². The molecule has 22 heavy (non-hydrogen) atoms. The van der Waals surface area contributed by atoms with E-state index in [0.29, 0.717) is 22.9 Å². The number of halogens is 2. The number of aromatic nitrogens is 2. The zero-order valence-electron chi connectivity index (χ0n) is 11.6. The van der Waals surface area contributed by atoms with Crippen LogP contribution in [0.4, 0.5) is 11.4 Å². The number of aryl methyl sites for hydroxylation is 1. The van der Waals surface area contributed by atoms with Crippen molar-refractivity contribution in [1.82, 2.24) is 9.78 Å². The van der Waals surface area contributed by atoms with E-state index >= 15 is 0 Å². The first-order valence-electron chi connectivity index (χ1n) is 6.31. The molecular formula is C13H13BrClN5OS. The van der Waals surface area contributed by atoms with Crippen molar-refractivity contribution in [3.05, 3.63) is 39.6 Å². The lowest BCUT2D eigenvalue weighted by Gasteiger charge is -2.11. The topological polar surface area (TPSA) is 85.0 Å². The Kier molecular flexibility index (Phi) is 5.38. The fourth-order valence-corrected chi connectivity index (χ4v) is 2.66. The molecular weight excluding hydrogens is 390 g/mol. The molecule has 0 spiro atoms. The average molecular weight is 403 g/mol. The molecule has 0 fully saturated rings. The van der Waals surface area contributed by atoms with Gasteiger partial charge in [0.2, 0.25) is 0 Å². The highest BCUT2D eigenvalue weighted by Crippen LogP contribution is 2.26. The third kappa shape index (κ3) is 3.96. The third-order valence-corrected chi connectivity index (χ3v) is 3.76. The van der Waals surface area contributed by atoms with E-state index in [1.54, 1.807) is 23.0 Å². The van der Waals surface area contributed by atoms with Crippen LogP contribution in [0.3, 0.4) is 0 Å². The molecule has 0 unspecified atom stereocenters. The minimum absolute atomic E-state index is 0.132. The Balaban J connectivity index is 2.15. The number of nitrogens with zero attached hydrogens (tertiary/aromatic N) is 2. The molecule has 9 heteroatoms. The fourth-order valence-electron chi connectivity index (χ4n) is 1.72. The number of rotatable bonds is 4. The van der Waals surface area contributed by atoms with Gasteiger partial charge in [-0.1, -0.05) is 27.5 Å². The van der Waals surface area contributed by atoms with Crippen molar-refractivity contribution < 1.29 is 4.79 Å². The number of hydrogen-bond donors (Lipinski definition) is 3. The van der Waals surface area contributed by atoms with Crippen molar-refractivity contribution in [1.29, 1.82) is 0 Å². The van der Waals surface area contributed by atoms with E-state index in [4.69, 9.17) is 29.6 Å². The van der Waals surface area contributed by atoms with Crippen LogP contribution in [0.2, 0.25) is 5.02 Å². The van der Waals surface area contributed by atoms with Crippen LogP contribution >= 0.6 is 39.7 Å². The number of carbonyl (C=O) groups excluding carboxylic acids is 1. The summed E-state index contributed by atoms with van der Waals surface area (Å²) in [5.41, 5.74) is 6.53. The lowest BCUT2D eigenvalue weighted by Crippen LogP contribution is -2.22. The summed E-state index contributed by atoms with van der Waals surface area (Å²) < 4.78 is 2.46. The molecule has 0 bridgehead atoms. The number of thiocarbonyl (C=S) groups is 1. The minimum Gasteiger partial charge on any atom is -0.364 e. The molecule has 2 rings (SSSR count). The standard InChI is InChI=1S/C13H13BrClN5OS/c1-2-20-6-10(11(19-20)12(16)21)18-13(22)17-9-4-3-7(14)5-8(9)15/h3-6H,2H2,1H3,(H2,16,21)(H2,17,18,22). The lowest BCUT2D eigenvalue weighted by molar-refractivity contribution is 0.0995. The Bertz CT molecular complexity index is 733. The first kappa shape index (κ1) is 16.7. The number of amides is 1. The van der Waals surface area contributed by atoms with E-state index in [0.717, 1.165) is 4.47 Å². The maximum atomic E-state index is 11.4. The molecule has 4 N–H and O–H groups in total. The van der Waals surface area contributed by atoms with Crippen LogP contribution in [0.1, 0.15) is 17.4 Å². The Morgan fingerprint density at radius 1 is 1.45 bits per heavy atom. The molecule has 0 aliphatic heterocycles. The number of nitrogens with two attached hydrogens (primary N) is 1. The number of hydrogen-bond acceptors (Lipinski definition) is 3. The van der Waals surface area contributed by atoms with Gasteiger partial charge in [-0.3, -0.25) is 9.48 Å². The van der Waals surface area contributed by atoms with E-state index < -0.39 is 5.91 Å². The molecule has 0 radical (unpaired) electrons. The third-order valence-electron chi connectivity index (χ3n) is 2.75. The number of nitrogens with one attached hydrogen (secondary N) is 2. The van der Waals surface area contributed by atoms with Crippen LogP contribution in [0.25, 0.3) is 0 Å². The van der Waals surface area contributed by atoms with Crippen molar-refractivity contribution in [2.45, 2.75) is 13.5 Å². The molecule has 0 saturated heterocycles. The summed E-state index contributed by atoms with van der Waals surface area (Å²) >= 11 is 14.7. The second-order valence-electron chi connectivity index (χ2n) is 4.31. The van der Waals surface area contributed by atoms with E-state index in [1.165, 1.54) is 0 Å². The minimum atomic E-state index is -0.626. The van der Waals surface area contributed by atoms with Crippen LogP contribution < -0.4 is 16.4 Å². The lowest BCUT2D eigenvalue weighted by atomic mass is 10.3. The zero-order valence-corrected chi connectivity index (χ0v) is 14.7. The van der Waals surface area contributed by atoms with Crippen molar-refractivity contribution in [2.24, 2.45) is 5.73 Å². The largest absolute Gasteiger partial charge is 0.364 e. The van der Waals surface area contributed by atoms with Crippen LogP contribution in [0.5, 0.6) is 0 Å². The monoisotopic (exact) mass is 401 g/mol. The van der Waals surface area contributed by atoms with Crippen LogP contribution in [-0.4, -0.2) is 20.8 Å². The number of benzene rings is 1. The van der Waals surface area contributed by atoms with E-state index in [1.807, 2.05) is 13.0 Å². The van der Waals surface area contributed by atoms with Gasteiger partial charge in [0.05, 0.1) is 16.4 Å². The van der Waals surface area contributed by atoms with Crippen molar-refractivity contribution >= 4 is 62.1 Å². The quantitative estimate of drug-likeness (QED) is 0.684. The van der Waals surface area contributed by atoms with E-state index in [-0.39, 0.29) is 10.8 Å². The molecule has 0 atom stereocenters. The molecule has 1 amide bonds. The smallest absolute Gasteiger partial charge is 0.271 e. The van der Waals surface area contributed by atoms with Gasteiger partial charge in [-0.05, 0) is 37.3 Å². The summed E-state index contributed by atoms with van der Waals surface area (Å²) in [4.78, 5) is 11.4. The molecule has 116 valence electrons. The molecule has 1 heterocycles. The normalized spacial score (nSPS) is 10.3. The maximum Gasteiger partial charge on any atom is 0.271 e. The molecule has 6 nitrogen and oxygen atoms in total. The predicted molar refractivity (Wildman–Crippen MR) is 95.4 cm³/mol. The van der Waals surface area contributed by atoms with Crippen LogP contribution in [0.15, 0.2) is 28.9 Å². The fraction of sp³-hybridized carbons (Fsp3) is 0.154. The number of primary amides is 1. The molecule has 0 saturated carbocycles. The predicted octanol–water partition coefficient (Wildman–Crippen LogP) is 3.23. The summed E-state index contributed by atoms with van der Waals surface area (Å²) in [6.45, 7) is 2.51. The Morgan fingerprint density at radius 2 is 2.14 bits per heavy atom. The molecule has 1 aromatic carbocycles. The van der Waals surface area contributed by atoms with Gasteiger partial charge in [-0.2, -0.15) is 5.10 Å². The maximum absolute atomic E-state index is 11.4. The van der Waals surface area contributed by atoms with Gasteiger partial charge < -0.3 is 16.4 Å². The number of carbonyl (C=O) groups is 1. The van der Waals surface area contributed by atoms with Gasteiger partial charge in [0.25, 0.3) is 5.91 Å². The Hall–Kier alpha value is -1.64. The van der Waals surface area contributed by atoms with Crippen LogP contribution in [0, 0.1) is 0 Å². The van der Waals surface area contributed by atoms with Gasteiger partial charge in [0.1, 0.15) is 0 Å².